The van der Waals surface area contributed by atoms with Crippen molar-refractivity contribution < 1.29 is 31.7 Å². The van der Waals surface area contributed by atoms with Crippen LogP contribution in [0.3, 0.4) is 0 Å². The fraction of sp³-hybridized carbons (Fsp3) is 0.300. The molecule has 0 fully saturated rings. The van der Waals surface area contributed by atoms with Gasteiger partial charge in [-0.2, -0.15) is 17.6 Å². The Labute approximate surface area is 118 Å². The number of benzene rings is 1. The molecule has 1 N–H and O–H groups in total. The number of thioether (sulfide) groups is 1. The fourth-order valence-corrected chi connectivity index (χ4v) is 1.74. The van der Waals surface area contributed by atoms with Gasteiger partial charge in [-0.1, -0.05) is 0 Å². The quantitative estimate of drug-likeness (QED) is 0.390. The molecule has 1 amide bonds. The third kappa shape index (κ3) is 5.17. The Morgan fingerprint density at radius 1 is 1.33 bits per heavy atom. The second-order valence-corrected chi connectivity index (χ2v) is 4.75. The first kappa shape index (κ1) is 17.1. The first-order chi connectivity index (χ1) is 9.61. The molecular formula is C10H7F5N2O3S. The van der Waals surface area contributed by atoms with Crippen molar-refractivity contribution in [3.8, 4) is 0 Å². The van der Waals surface area contributed by atoms with Crippen LogP contribution < -0.4 is 5.32 Å². The van der Waals surface area contributed by atoms with Crippen molar-refractivity contribution >= 4 is 23.4 Å². The topological polar surface area (TPSA) is 72.2 Å². The van der Waals surface area contributed by atoms with Crippen LogP contribution in [0.25, 0.3) is 0 Å². The van der Waals surface area contributed by atoms with Crippen LogP contribution in [0, 0.1) is 21.7 Å². The van der Waals surface area contributed by atoms with Gasteiger partial charge < -0.3 is 5.32 Å². The second-order valence-electron chi connectivity index (χ2n) is 3.59. The van der Waals surface area contributed by atoms with Gasteiger partial charge in [0.05, 0.1) is 16.6 Å². The average molecular weight is 330 g/mol. The highest BCUT2D eigenvalue weighted by Crippen LogP contribution is 2.29. The lowest BCUT2D eigenvalue weighted by Gasteiger charge is -2.08. The Morgan fingerprint density at radius 2 is 1.95 bits per heavy atom. The maximum atomic E-state index is 13.6. The lowest BCUT2D eigenvalue weighted by molar-refractivity contribution is -0.387. The molecule has 0 atom stereocenters. The number of nitrogens with one attached hydrogen (secondary N) is 1. The Balaban J connectivity index is 2.77. The van der Waals surface area contributed by atoms with E-state index in [4.69, 9.17) is 0 Å². The molecule has 116 valence electrons. The van der Waals surface area contributed by atoms with Crippen LogP contribution in [-0.4, -0.2) is 28.6 Å². The number of carbonyl (C=O) groups excluding carboxylic acids is 1. The van der Waals surface area contributed by atoms with E-state index >= 15 is 0 Å². The summed E-state index contributed by atoms with van der Waals surface area (Å²) >= 11 is -0.405. The van der Waals surface area contributed by atoms with Gasteiger partial charge in [-0.3, -0.25) is 14.9 Å². The Morgan fingerprint density at radius 3 is 2.48 bits per heavy atom. The number of hydrogen-bond acceptors (Lipinski definition) is 4. The summed E-state index contributed by atoms with van der Waals surface area (Å²) in [6.07, 6.45) is 0. The molecule has 0 aromatic heterocycles. The van der Waals surface area contributed by atoms with Gasteiger partial charge in [-0.15, -0.1) is 0 Å². The van der Waals surface area contributed by atoms with E-state index in [1.54, 1.807) is 0 Å². The van der Waals surface area contributed by atoms with Gasteiger partial charge in [0.15, 0.2) is 0 Å². The lowest BCUT2D eigenvalue weighted by Crippen LogP contribution is -2.27. The second kappa shape index (κ2) is 6.70. The number of hydrogen-bond donors (Lipinski definition) is 1. The Bertz CT molecular complexity index is 564. The standard InChI is InChI=1S/C10H7F5N2O3S/c11-5-3-6(8(12)7(4-5)17(19)20)9(18)16-1-2-21-10(13,14)15/h3-4H,1-2H2,(H,16,18). The third-order valence-electron chi connectivity index (χ3n) is 2.11. The molecule has 0 saturated carbocycles. The van der Waals surface area contributed by atoms with Crippen LogP contribution in [0.2, 0.25) is 0 Å². The van der Waals surface area contributed by atoms with Gasteiger partial charge in [-0.25, -0.2) is 4.39 Å². The number of halogens is 5. The maximum Gasteiger partial charge on any atom is 0.441 e. The van der Waals surface area contributed by atoms with E-state index in [0.717, 1.165) is 0 Å². The smallest absolute Gasteiger partial charge is 0.351 e. The molecule has 0 unspecified atom stereocenters. The summed E-state index contributed by atoms with van der Waals surface area (Å²) in [5, 5.41) is 12.4. The summed E-state index contributed by atoms with van der Waals surface area (Å²) in [4.78, 5) is 20.7. The molecule has 1 aromatic rings. The van der Waals surface area contributed by atoms with E-state index in [-0.39, 0.29) is 0 Å². The molecule has 1 rings (SSSR count). The molecule has 0 aliphatic carbocycles. The zero-order chi connectivity index (χ0) is 16.2. The van der Waals surface area contributed by atoms with Gasteiger partial charge >= 0.3 is 11.2 Å². The SMILES string of the molecule is O=C(NCCSC(F)(F)F)c1cc(F)cc([N+](=O)[O-])c1F. The summed E-state index contributed by atoms with van der Waals surface area (Å²) in [7, 11) is 0. The fourth-order valence-electron chi connectivity index (χ4n) is 1.30. The molecule has 21 heavy (non-hydrogen) atoms. The minimum atomic E-state index is -4.48. The maximum absolute atomic E-state index is 13.6. The van der Waals surface area contributed by atoms with Crippen molar-refractivity contribution in [3.05, 3.63) is 39.4 Å². The number of nitrogens with zero attached hydrogens (tertiary/aromatic N) is 1. The molecule has 0 saturated heterocycles. The van der Waals surface area contributed by atoms with Crippen LogP contribution in [0.5, 0.6) is 0 Å². The first-order valence-electron chi connectivity index (χ1n) is 5.24. The van der Waals surface area contributed by atoms with Gasteiger partial charge in [-0.05, 0) is 17.8 Å². The Hall–Kier alpha value is -1.91. The molecule has 0 aliphatic rings. The minimum absolute atomic E-state index is 0.297. The molecular weight excluding hydrogens is 323 g/mol. The van der Waals surface area contributed by atoms with Gasteiger partial charge in [0.2, 0.25) is 5.82 Å². The van der Waals surface area contributed by atoms with Gasteiger partial charge in [0, 0.05) is 12.3 Å². The number of nitro benzene ring substituents is 1. The number of carbonyl (C=O) groups is 1. The van der Waals surface area contributed by atoms with Crippen molar-refractivity contribution in [1.29, 1.82) is 0 Å². The monoisotopic (exact) mass is 330 g/mol. The van der Waals surface area contributed by atoms with Crippen molar-refractivity contribution in [2.24, 2.45) is 0 Å². The predicted molar refractivity (Wildman–Crippen MR) is 63.9 cm³/mol. The number of nitro groups is 1. The van der Waals surface area contributed by atoms with E-state index in [2.05, 4.69) is 0 Å². The average Bonchev–Trinajstić information content (AvgIpc) is 2.35. The first-order valence-corrected chi connectivity index (χ1v) is 6.22. The zero-order valence-electron chi connectivity index (χ0n) is 10.0. The summed E-state index contributed by atoms with van der Waals surface area (Å²) in [5.41, 5.74) is -6.66. The number of alkyl halides is 3. The van der Waals surface area contributed by atoms with Gasteiger partial charge in [0.1, 0.15) is 5.82 Å². The van der Waals surface area contributed by atoms with Crippen LogP contribution in [0.1, 0.15) is 10.4 Å². The summed E-state index contributed by atoms with van der Waals surface area (Å²) in [6.45, 7) is -0.466. The zero-order valence-corrected chi connectivity index (χ0v) is 10.9. The largest absolute Gasteiger partial charge is 0.441 e. The third-order valence-corrected chi connectivity index (χ3v) is 2.85. The normalized spacial score (nSPS) is 11.3. The molecule has 0 heterocycles. The lowest BCUT2D eigenvalue weighted by atomic mass is 10.1. The van der Waals surface area contributed by atoms with E-state index in [9.17, 15) is 36.9 Å². The van der Waals surface area contributed by atoms with Crippen molar-refractivity contribution in [2.45, 2.75) is 5.51 Å². The highest BCUT2D eigenvalue weighted by atomic mass is 32.2. The highest BCUT2D eigenvalue weighted by molar-refractivity contribution is 8.00. The molecule has 0 radical (unpaired) electrons. The summed E-state index contributed by atoms with van der Waals surface area (Å²) in [6, 6.07) is 0.722. The van der Waals surface area contributed by atoms with E-state index < -0.39 is 63.3 Å². The van der Waals surface area contributed by atoms with Crippen LogP contribution in [0.4, 0.5) is 27.6 Å². The summed E-state index contributed by atoms with van der Waals surface area (Å²) in [5.74, 6) is -4.54. The van der Waals surface area contributed by atoms with Crippen LogP contribution in [0.15, 0.2) is 12.1 Å². The number of amides is 1. The summed E-state index contributed by atoms with van der Waals surface area (Å²) < 4.78 is 62.1. The molecule has 11 heteroatoms. The van der Waals surface area contributed by atoms with Crippen molar-refractivity contribution in [2.75, 3.05) is 12.3 Å². The number of rotatable bonds is 5. The molecule has 1 aromatic carbocycles. The van der Waals surface area contributed by atoms with E-state index in [0.29, 0.717) is 12.1 Å². The van der Waals surface area contributed by atoms with Crippen LogP contribution >= 0.6 is 11.8 Å². The van der Waals surface area contributed by atoms with Gasteiger partial charge in [0.25, 0.3) is 5.91 Å². The predicted octanol–water partition coefficient (Wildman–Crippen LogP) is 2.86. The van der Waals surface area contributed by atoms with Crippen molar-refractivity contribution in [1.82, 2.24) is 5.32 Å². The highest BCUT2D eigenvalue weighted by Gasteiger charge is 2.28. The van der Waals surface area contributed by atoms with Crippen LogP contribution in [-0.2, 0) is 0 Å². The Kier molecular flexibility index (Phi) is 5.47. The van der Waals surface area contributed by atoms with Crippen molar-refractivity contribution in [3.63, 3.8) is 0 Å². The molecule has 0 aliphatic heterocycles. The van der Waals surface area contributed by atoms with E-state index in [1.165, 1.54) is 0 Å². The molecule has 0 bridgehead atoms. The molecule has 5 nitrogen and oxygen atoms in total. The molecule has 0 spiro atoms. The minimum Gasteiger partial charge on any atom is -0.351 e. The van der Waals surface area contributed by atoms with E-state index in [1.807, 2.05) is 5.32 Å².